The summed E-state index contributed by atoms with van der Waals surface area (Å²) in [6, 6.07) is 23.6. The van der Waals surface area contributed by atoms with Gasteiger partial charge in [0.2, 0.25) is 0 Å². The number of nitrogens with one attached hydrogen (secondary N) is 1. The van der Waals surface area contributed by atoms with Crippen LogP contribution < -0.4 is 5.32 Å². The molecule has 4 aromatic rings. The number of carbonyl (C=O) groups is 1. The van der Waals surface area contributed by atoms with E-state index in [9.17, 15) is 9.18 Å². The second kappa shape index (κ2) is 9.84. The van der Waals surface area contributed by atoms with Gasteiger partial charge < -0.3 is 5.32 Å². The van der Waals surface area contributed by atoms with E-state index in [1.54, 1.807) is 10.7 Å². The van der Waals surface area contributed by atoms with Gasteiger partial charge in [-0.05, 0) is 48.7 Å². The van der Waals surface area contributed by atoms with Crippen molar-refractivity contribution in [2.24, 2.45) is 0 Å². The summed E-state index contributed by atoms with van der Waals surface area (Å²) in [6.45, 7) is 4.09. The highest BCUT2D eigenvalue weighted by Crippen LogP contribution is 2.26. The summed E-state index contributed by atoms with van der Waals surface area (Å²) < 4.78 is 15.1. The molecule has 4 rings (SSSR count). The molecule has 0 bridgehead atoms. The Balaban J connectivity index is 1.64. The number of anilines is 1. The highest BCUT2D eigenvalue weighted by molar-refractivity contribution is 6.31. The molecule has 6 heteroatoms. The Kier molecular flexibility index (Phi) is 6.71. The Morgan fingerprint density at radius 2 is 1.70 bits per heavy atom. The number of carbonyl (C=O) groups excluding carboxylic acids is 1. The van der Waals surface area contributed by atoms with Gasteiger partial charge in [-0.2, -0.15) is 5.10 Å². The third-order valence-electron chi connectivity index (χ3n) is 5.40. The molecule has 0 aliphatic carbocycles. The van der Waals surface area contributed by atoms with Crippen LogP contribution in [-0.2, 0) is 11.3 Å². The van der Waals surface area contributed by atoms with E-state index in [4.69, 9.17) is 11.6 Å². The number of hydrogen-bond donors (Lipinski definition) is 1. The lowest BCUT2D eigenvalue weighted by atomic mass is 10.0. The lowest BCUT2D eigenvalue weighted by Gasteiger charge is -2.11. The molecule has 1 amide bonds. The van der Waals surface area contributed by atoms with Crippen LogP contribution in [0.3, 0.4) is 0 Å². The lowest BCUT2D eigenvalue weighted by Crippen LogP contribution is -2.15. The molecule has 0 fully saturated rings. The predicted octanol–water partition coefficient (Wildman–Crippen LogP) is 6.52. The van der Waals surface area contributed by atoms with E-state index >= 15 is 0 Å². The highest BCUT2D eigenvalue weighted by Gasteiger charge is 2.18. The van der Waals surface area contributed by atoms with E-state index in [1.165, 1.54) is 12.1 Å². The third-order valence-corrected chi connectivity index (χ3v) is 5.75. The van der Waals surface area contributed by atoms with Crippen molar-refractivity contribution in [3.63, 3.8) is 0 Å². The first kappa shape index (κ1) is 22.5. The first-order valence-electron chi connectivity index (χ1n) is 10.5. The van der Waals surface area contributed by atoms with Crippen LogP contribution >= 0.6 is 11.6 Å². The number of hydrogen-bond acceptors (Lipinski definition) is 2. The lowest BCUT2D eigenvalue weighted by molar-refractivity contribution is -0.111. The number of rotatable bonds is 6. The monoisotopic (exact) mass is 459 g/mol. The Hall–Kier alpha value is -3.70. The first-order chi connectivity index (χ1) is 15.9. The summed E-state index contributed by atoms with van der Waals surface area (Å²) >= 11 is 6.19. The van der Waals surface area contributed by atoms with E-state index in [-0.39, 0.29) is 11.7 Å². The minimum atomic E-state index is -0.385. The topological polar surface area (TPSA) is 46.9 Å². The molecule has 0 saturated heterocycles. The fourth-order valence-electron chi connectivity index (χ4n) is 3.64. The number of nitrogens with zero attached hydrogens (tertiary/aromatic N) is 2. The third kappa shape index (κ3) is 5.21. The van der Waals surface area contributed by atoms with Crippen molar-refractivity contribution in [3.05, 3.63) is 118 Å². The van der Waals surface area contributed by atoms with Gasteiger partial charge >= 0.3 is 0 Å². The Morgan fingerprint density at radius 3 is 2.36 bits per heavy atom. The number of amides is 1. The zero-order valence-corrected chi connectivity index (χ0v) is 19.1. The summed E-state index contributed by atoms with van der Waals surface area (Å²) in [4.78, 5) is 13.4. The zero-order chi connectivity index (χ0) is 23.4. The molecule has 1 aromatic heterocycles. The van der Waals surface area contributed by atoms with Crippen LogP contribution in [0.2, 0.25) is 5.02 Å². The van der Waals surface area contributed by atoms with Crippen LogP contribution in [-0.4, -0.2) is 15.7 Å². The van der Waals surface area contributed by atoms with Gasteiger partial charge in [-0.25, -0.2) is 4.39 Å². The van der Waals surface area contributed by atoms with Crippen LogP contribution in [0.15, 0.2) is 78.9 Å². The number of aryl methyl sites for hydroxylation is 1. The van der Waals surface area contributed by atoms with E-state index in [0.717, 1.165) is 22.4 Å². The normalized spacial score (nSPS) is 11.5. The second-order valence-electron chi connectivity index (χ2n) is 7.73. The molecule has 0 aliphatic heterocycles. The van der Waals surface area contributed by atoms with Crippen molar-refractivity contribution in [2.75, 3.05) is 5.32 Å². The predicted molar refractivity (Wildman–Crippen MR) is 132 cm³/mol. The Bertz CT molecular complexity index is 1310. The van der Waals surface area contributed by atoms with Crippen molar-refractivity contribution in [2.45, 2.75) is 20.4 Å². The average molecular weight is 460 g/mol. The van der Waals surface area contributed by atoms with Crippen LogP contribution in [0.5, 0.6) is 0 Å². The van der Waals surface area contributed by atoms with Crippen LogP contribution in [0, 0.1) is 19.7 Å². The summed E-state index contributed by atoms with van der Waals surface area (Å²) in [7, 11) is 0. The molecule has 166 valence electrons. The van der Waals surface area contributed by atoms with Crippen molar-refractivity contribution in [1.82, 2.24) is 9.78 Å². The molecule has 0 unspecified atom stereocenters. The Morgan fingerprint density at radius 1 is 1.03 bits per heavy atom. The summed E-state index contributed by atoms with van der Waals surface area (Å²) in [5, 5.41) is 7.95. The minimum absolute atomic E-state index is 0.226. The fraction of sp³-hybridized carbons (Fsp3) is 0.111. The van der Waals surface area contributed by atoms with E-state index in [0.29, 0.717) is 28.5 Å². The molecular weight excluding hydrogens is 437 g/mol. The first-order valence-corrected chi connectivity index (χ1v) is 10.9. The quantitative estimate of drug-likeness (QED) is 0.263. The maximum Gasteiger partial charge on any atom is 0.256 e. The van der Waals surface area contributed by atoms with Crippen molar-refractivity contribution in [1.29, 1.82) is 0 Å². The van der Waals surface area contributed by atoms with Crippen LogP contribution in [0.1, 0.15) is 28.1 Å². The smallest absolute Gasteiger partial charge is 0.256 e. The number of benzene rings is 3. The van der Waals surface area contributed by atoms with Crippen LogP contribution in [0.4, 0.5) is 10.1 Å². The average Bonchev–Trinajstić information content (AvgIpc) is 3.08. The largest absolute Gasteiger partial charge is 0.319 e. The molecule has 3 aromatic carbocycles. The van der Waals surface area contributed by atoms with Gasteiger partial charge in [-0.15, -0.1) is 0 Å². The molecule has 0 saturated carbocycles. The van der Waals surface area contributed by atoms with Gasteiger partial charge in [0.15, 0.2) is 0 Å². The van der Waals surface area contributed by atoms with Crippen LogP contribution in [0.25, 0.3) is 11.6 Å². The van der Waals surface area contributed by atoms with Gasteiger partial charge in [-0.1, -0.05) is 78.3 Å². The van der Waals surface area contributed by atoms with Gasteiger partial charge in [-0.3, -0.25) is 9.48 Å². The van der Waals surface area contributed by atoms with E-state index in [2.05, 4.69) is 10.4 Å². The zero-order valence-electron chi connectivity index (χ0n) is 18.3. The molecule has 0 atom stereocenters. The van der Waals surface area contributed by atoms with Crippen molar-refractivity contribution < 1.29 is 9.18 Å². The molecule has 4 nitrogen and oxygen atoms in total. The molecular formula is C27H23ClFN3O. The van der Waals surface area contributed by atoms with Crippen molar-refractivity contribution >= 4 is 34.8 Å². The van der Waals surface area contributed by atoms with E-state index < -0.39 is 0 Å². The van der Waals surface area contributed by atoms with E-state index in [1.807, 2.05) is 80.6 Å². The molecule has 1 N–H and O–H groups in total. The van der Waals surface area contributed by atoms with Crippen molar-refractivity contribution in [3.8, 4) is 0 Å². The molecule has 0 radical (unpaired) electrons. The second-order valence-corrected chi connectivity index (χ2v) is 8.14. The fourth-order valence-corrected chi connectivity index (χ4v) is 3.86. The number of halogens is 2. The molecule has 33 heavy (non-hydrogen) atoms. The maximum absolute atomic E-state index is 13.4. The SMILES string of the molecule is Cc1nn(Cc2ccc(F)cc2Cl)c(C)c1NC(=O)/C(=C\c1ccccc1)c1ccccc1. The highest BCUT2D eigenvalue weighted by atomic mass is 35.5. The standard InChI is InChI=1S/C27H23ClFN3O/c1-18-26(19(2)32(31-18)17-22-13-14-23(29)16-25(22)28)30-27(33)24(21-11-7-4-8-12-21)15-20-9-5-3-6-10-20/h3-16H,17H2,1-2H3,(H,30,33)/b24-15-. The maximum atomic E-state index is 13.4. The van der Waals surface area contributed by atoms with Gasteiger partial charge in [0, 0.05) is 10.6 Å². The van der Waals surface area contributed by atoms with Gasteiger partial charge in [0.05, 0.1) is 23.6 Å². The van der Waals surface area contributed by atoms with Gasteiger partial charge in [0.25, 0.3) is 5.91 Å². The Labute approximate surface area is 197 Å². The summed E-state index contributed by atoms with van der Waals surface area (Å²) in [5.41, 5.74) is 5.17. The summed E-state index contributed by atoms with van der Waals surface area (Å²) in [5.74, 6) is -0.612. The molecule has 0 aliphatic rings. The van der Waals surface area contributed by atoms with Gasteiger partial charge in [0.1, 0.15) is 5.82 Å². The summed E-state index contributed by atoms with van der Waals surface area (Å²) in [6.07, 6.45) is 1.87. The number of aromatic nitrogens is 2. The molecule has 1 heterocycles. The minimum Gasteiger partial charge on any atom is -0.319 e. The molecule has 0 spiro atoms.